The zero-order chi connectivity index (χ0) is 15.5. The van der Waals surface area contributed by atoms with Crippen LogP contribution in [-0.4, -0.2) is 42.5 Å². The van der Waals surface area contributed by atoms with E-state index in [1.807, 2.05) is 20.8 Å². The second-order valence-corrected chi connectivity index (χ2v) is 7.64. The van der Waals surface area contributed by atoms with Gasteiger partial charge in [-0.3, -0.25) is 0 Å². The number of hydrogen-bond donors (Lipinski definition) is 2. The molecule has 1 amide bonds. The van der Waals surface area contributed by atoms with E-state index in [9.17, 15) is 4.79 Å². The van der Waals surface area contributed by atoms with E-state index >= 15 is 0 Å². The highest BCUT2D eigenvalue weighted by Crippen LogP contribution is 2.26. The first-order valence-corrected chi connectivity index (χ1v) is 8.13. The summed E-state index contributed by atoms with van der Waals surface area (Å²) in [5.74, 6) is 0. The van der Waals surface area contributed by atoms with Crippen molar-refractivity contribution in [2.75, 3.05) is 13.2 Å². The van der Waals surface area contributed by atoms with Crippen molar-refractivity contribution in [2.24, 2.45) is 0 Å². The Bertz CT molecular complexity index is 359. The first-order valence-electron chi connectivity index (χ1n) is 8.13. The van der Waals surface area contributed by atoms with Gasteiger partial charge in [0.15, 0.2) is 0 Å². The summed E-state index contributed by atoms with van der Waals surface area (Å²) >= 11 is 0. The second kappa shape index (κ2) is 6.53. The highest BCUT2D eigenvalue weighted by molar-refractivity contribution is 5.68. The Kier molecular flexibility index (Phi) is 5.15. The van der Waals surface area contributed by atoms with E-state index in [0.29, 0.717) is 6.04 Å². The van der Waals surface area contributed by atoms with Crippen LogP contribution in [0.25, 0.3) is 0 Å². The fourth-order valence-corrected chi connectivity index (χ4v) is 3.11. The summed E-state index contributed by atoms with van der Waals surface area (Å²) in [6.45, 7) is 9.61. The van der Waals surface area contributed by atoms with Crippen LogP contribution in [0.3, 0.4) is 0 Å². The van der Waals surface area contributed by atoms with Gasteiger partial charge in [-0.2, -0.15) is 0 Å². The van der Waals surface area contributed by atoms with Crippen molar-refractivity contribution in [3.63, 3.8) is 0 Å². The molecule has 1 saturated carbocycles. The highest BCUT2D eigenvalue weighted by atomic mass is 16.6. The number of alkyl carbamates (subject to hydrolysis) is 1. The molecule has 3 atom stereocenters. The van der Waals surface area contributed by atoms with E-state index in [1.165, 1.54) is 0 Å². The van der Waals surface area contributed by atoms with Crippen molar-refractivity contribution in [1.29, 1.82) is 0 Å². The maximum absolute atomic E-state index is 11.8. The zero-order valence-electron chi connectivity index (χ0n) is 13.8. The van der Waals surface area contributed by atoms with Gasteiger partial charge in [-0.05, 0) is 59.8 Å². The van der Waals surface area contributed by atoms with Gasteiger partial charge in [0, 0.05) is 25.2 Å². The largest absolute Gasteiger partial charge is 0.444 e. The van der Waals surface area contributed by atoms with E-state index in [2.05, 4.69) is 17.6 Å². The van der Waals surface area contributed by atoms with E-state index < -0.39 is 5.60 Å². The molecule has 1 heterocycles. The third-order valence-corrected chi connectivity index (χ3v) is 4.22. The molecule has 3 unspecified atom stereocenters. The summed E-state index contributed by atoms with van der Waals surface area (Å²) in [5.41, 5.74) is -0.439. The van der Waals surface area contributed by atoms with Crippen molar-refractivity contribution in [1.82, 2.24) is 10.6 Å². The molecule has 122 valence electrons. The van der Waals surface area contributed by atoms with Crippen LogP contribution in [0.4, 0.5) is 4.79 Å². The Morgan fingerprint density at radius 1 is 1.33 bits per heavy atom. The molecule has 5 nitrogen and oxygen atoms in total. The molecule has 1 aliphatic heterocycles. The van der Waals surface area contributed by atoms with Gasteiger partial charge in [0.2, 0.25) is 0 Å². The molecule has 2 N–H and O–H groups in total. The molecule has 2 fully saturated rings. The lowest BCUT2D eigenvalue weighted by Crippen LogP contribution is -2.42. The maximum atomic E-state index is 11.8. The Hall–Kier alpha value is -0.810. The molecule has 5 heteroatoms. The monoisotopic (exact) mass is 298 g/mol. The molecule has 0 aromatic heterocycles. The Labute approximate surface area is 128 Å². The topological polar surface area (TPSA) is 59.6 Å². The van der Waals surface area contributed by atoms with Gasteiger partial charge in [0.1, 0.15) is 5.60 Å². The molecular weight excluding hydrogens is 268 g/mol. The summed E-state index contributed by atoms with van der Waals surface area (Å²) in [6.07, 6.45) is 5.05. The van der Waals surface area contributed by atoms with Crippen LogP contribution in [0.2, 0.25) is 0 Å². The second-order valence-electron chi connectivity index (χ2n) is 7.64. The zero-order valence-corrected chi connectivity index (χ0v) is 13.8. The maximum Gasteiger partial charge on any atom is 0.407 e. The molecule has 2 aliphatic rings. The van der Waals surface area contributed by atoms with Crippen LogP contribution in [0.15, 0.2) is 0 Å². The SMILES string of the molecule is CC(C)(C)OC(=O)NC1CCC(NCC2(C)CCCO2)C1. The van der Waals surface area contributed by atoms with Crippen molar-refractivity contribution in [2.45, 2.75) is 83.1 Å². The predicted molar refractivity (Wildman–Crippen MR) is 82.4 cm³/mol. The van der Waals surface area contributed by atoms with Crippen LogP contribution >= 0.6 is 0 Å². The lowest BCUT2D eigenvalue weighted by molar-refractivity contribution is 0.0187. The van der Waals surface area contributed by atoms with Crippen LogP contribution in [0, 0.1) is 0 Å². The first-order chi connectivity index (χ1) is 9.76. The predicted octanol–water partition coefficient (Wildman–Crippen LogP) is 2.59. The molecule has 0 bridgehead atoms. The first kappa shape index (κ1) is 16.6. The lowest BCUT2D eigenvalue weighted by Gasteiger charge is -2.26. The number of carbonyl (C=O) groups excluding carboxylic acids is 1. The third-order valence-electron chi connectivity index (χ3n) is 4.22. The van der Waals surface area contributed by atoms with Gasteiger partial charge in [0.25, 0.3) is 0 Å². The molecule has 0 spiro atoms. The van der Waals surface area contributed by atoms with Crippen LogP contribution < -0.4 is 10.6 Å². The Balaban J connectivity index is 1.67. The van der Waals surface area contributed by atoms with Gasteiger partial charge in [-0.15, -0.1) is 0 Å². The van der Waals surface area contributed by atoms with Crippen molar-refractivity contribution in [3.05, 3.63) is 0 Å². The Morgan fingerprint density at radius 2 is 2.05 bits per heavy atom. The minimum atomic E-state index is -0.436. The molecule has 0 radical (unpaired) electrons. The van der Waals surface area contributed by atoms with Crippen LogP contribution in [0.1, 0.15) is 59.8 Å². The molecule has 0 aromatic rings. The highest BCUT2D eigenvalue weighted by Gasteiger charge is 2.32. The van der Waals surface area contributed by atoms with Gasteiger partial charge >= 0.3 is 6.09 Å². The van der Waals surface area contributed by atoms with Gasteiger partial charge < -0.3 is 20.1 Å². The molecule has 2 rings (SSSR count). The molecule has 0 aromatic carbocycles. The number of ether oxygens (including phenoxy) is 2. The smallest absolute Gasteiger partial charge is 0.407 e. The summed E-state index contributed by atoms with van der Waals surface area (Å²) in [7, 11) is 0. The number of nitrogens with one attached hydrogen (secondary N) is 2. The standard InChI is InChI=1S/C16H30N2O3/c1-15(2,3)21-14(19)18-13-7-6-12(10-13)17-11-16(4)8-5-9-20-16/h12-13,17H,5-11H2,1-4H3,(H,18,19). The van der Waals surface area contributed by atoms with Crippen molar-refractivity contribution < 1.29 is 14.3 Å². The fraction of sp³-hybridized carbons (Fsp3) is 0.938. The van der Waals surface area contributed by atoms with Crippen molar-refractivity contribution >= 4 is 6.09 Å². The van der Waals surface area contributed by atoms with Crippen LogP contribution in [-0.2, 0) is 9.47 Å². The van der Waals surface area contributed by atoms with Crippen LogP contribution in [0.5, 0.6) is 0 Å². The number of rotatable bonds is 4. The third kappa shape index (κ3) is 5.47. The van der Waals surface area contributed by atoms with E-state index in [1.54, 1.807) is 0 Å². The number of amides is 1. The van der Waals surface area contributed by atoms with Gasteiger partial charge in [0.05, 0.1) is 5.60 Å². The summed E-state index contributed by atoms with van der Waals surface area (Å²) in [4.78, 5) is 11.8. The van der Waals surface area contributed by atoms with E-state index in [4.69, 9.17) is 9.47 Å². The quantitative estimate of drug-likeness (QED) is 0.837. The number of hydrogen-bond acceptors (Lipinski definition) is 4. The Morgan fingerprint density at radius 3 is 2.67 bits per heavy atom. The average molecular weight is 298 g/mol. The van der Waals surface area contributed by atoms with E-state index in [-0.39, 0.29) is 17.7 Å². The molecule has 1 aliphatic carbocycles. The summed E-state index contributed by atoms with van der Waals surface area (Å²) < 4.78 is 11.1. The normalized spacial score (nSPS) is 33.1. The lowest BCUT2D eigenvalue weighted by atomic mass is 10.0. The molecule has 1 saturated heterocycles. The molecular formula is C16H30N2O3. The minimum absolute atomic E-state index is 0.00329. The fourth-order valence-electron chi connectivity index (χ4n) is 3.11. The van der Waals surface area contributed by atoms with Crippen molar-refractivity contribution in [3.8, 4) is 0 Å². The minimum Gasteiger partial charge on any atom is -0.444 e. The summed E-state index contributed by atoms with van der Waals surface area (Å²) in [5, 5.41) is 6.57. The van der Waals surface area contributed by atoms with E-state index in [0.717, 1.165) is 45.3 Å². The van der Waals surface area contributed by atoms with Gasteiger partial charge in [-0.1, -0.05) is 0 Å². The van der Waals surface area contributed by atoms with Gasteiger partial charge in [-0.25, -0.2) is 4.79 Å². The number of carbonyl (C=O) groups is 1. The average Bonchev–Trinajstić information content (AvgIpc) is 2.94. The summed E-state index contributed by atoms with van der Waals surface area (Å²) in [6, 6.07) is 0.681. The molecule has 21 heavy (non-hydrogen) atoms.